The van der Waals surface area contributed by atoms with E-state index in [2.05, 4.69) is 14.8 Å². The third kappa shape index (κ3) is 3.43. The summed E-state index contributed by atoms with van der Waals surface area (Å²) < 4.78 is 2.04. The summed E-state index contributed by atoms with van der Waals surface area (Å²) in [5, 5.41) is 11.0. The van der Waals surface area contributed by atoms with Gasteiger partial charge in [-0.2, -0.15) is 0 Å². The van der Waals surface area contributed by atoms with Gasteiger partial charge < -0.3 is 14.6 Å². The molecule has 0 amide bonds. The average Bonchev–Trinajstić information content (AvgIpc) is 2.94. The summed E-state index contributed by atoms with van der Waals surface area (Å²) in [6.45, 7) is 4.32. The SMILES string of the molecule is Cn1ccnc1N1CCN(CC(O)c2cccc(Cl)c2)CC1. The molecule has 3 rings (SSSR count). The zero-order valence-corrected chi connectivity index (χ0v) is 13.4. The zero-order valence-electron chi connectivity index (χ0n) is 12.7. The maximum atomic E-state index is 10.4. The van der Waals surface area contributed by atoms with E-state index in [1.54, 1.807) is 0 Å². The second-order valence-corrected chi connectivity index (χ2v) is 6.13. The highest BCUT2D eigenvalue weighted by Crippen LogP contribution is 2.20. The van der Waals surface area contributed by atoms with Gasteiger partial charge in [-0.05, 0) is 17.7 Å². The van der Waals surface area contributed by atoms with Crippen molar-refractivity contribution in [1.82, 2.24) is 14.5 Å². The van der Waals surface area contributed by atoms with E-state index < -0.39 is 6.10 Å². The van der Waals surface area contributed by atoms with Gasteiger partial charge in [0, 0.05) is 57.2 Å². The highest BCUT2D eigenvalue weighted by molar-refractivity contribution is 6.30. The molecule has 1 unspecified atom stereocenters. The Morgan fingerprint density at radius 1 is 1.27 bits per heavy atom. The Bertz CT molecular complexity index is 622. The number of aliphatic hydroxyl groups is 1. The van der Waals surface area contributed by atoms with Gasteiger partial charge >= 0.3 is 0 Å². The smallest absolute Gasteiger partial charge is 0.205 e. The van der Waals surface area contributed by atoms with Crippen LogP contribution in [0.1, 0.15) is 11.7 Å². The topological polar surface area (TPSA) is 44.5 Å². The third-order valence-corrected chi connectivity index (χ3v) is 4.35. The van der Waals surface area contributed by atoms with Gasteiger partial charge in [-0.25, -0.2) is 4.98 Å². The Hall–Kier alpha value is -1.56. The van der Waals surface area contributed by atoms with Gasteiger partial charge in [0.05, 0.1) is 6.10 Å². The number of nitrogens with zero attached hydrogens (tertiary/aromatic N) is 4. The van der Waals surface area contributed by atoms with E-state index in [1.165, 1.54) is 0 Å². The van der Waals surface area contributed by atoms with Crippen molar-refractivity contribution in [2.24, 2.45) is 7.05 Å². The summed E-state index contributed by atoms with van der Waals surface area (Å²) >= 11 is 5.98. The van der Waals surface area contributed by atoms with E-state index in [0.717, 1.165) is 37.7 Å². The molecule has 5 nitrogen and oxygen atoms in total. The highest BCUT2D eigenvalue weighted by Gasteiger charge is 2.21. The first-order chi connectivity index (χ1) is 10.6. The standard InChI is InChI=1S/C16H21ClN4O/c1-19-6-5-18-16(19)21-9-7-20(8-10-21)12-15(22)13-3-2-4-14(17)11-13/h2-6,11,15,22H,7-10,12H2,1H3. The number of rotatable bonds is 4. The van der Waals surface area contributed by atoms with Crippen molar-refractivity contribution >= 4 is 17.5 Å². The molecule has 0 radical (unpaired) electrons. The summed E-state index contributed by atoms with van der Waals surface area (Å²) in [5.41, 5.74) is 0.874. The predicted molar refractivity (Wildman–Crippen MR) is 88.3 cm³/mol. The third-order valence-electron chi connectivity index (χ3n) is 4.12. The molecule has 6 heteroatoms. The molecule has 22 heavy (non-hydrogen) atoms. The van der Waals surface area contributed by atoms with Gasteiger partial charge in [-0.15, -0.1) is 0 Å². The number of benzene rings is 1. The maximum absolute atomic E-state index is 10.4. The molecule has 0 bridgehead atoms. The normalized spacial score (nSPS) is 17.7. The number of aromatic nitrogens is 2. The van der Waals surface area contributed by atoms with Crippen LogP contribution in [0.4, 0.5) is 5.95 Å². The first kappa shape index (κ1) is 15.3. The quantitative estimate of drug-likeness (QED) is 0.935. The minimum Gasteiger partial charge on any atom is -0.387 e. The lowest BCUT2D eigenvalue weighted by Gasteiger charge is -2.36. The molecule has 1 aliphatic rings. The fraction of sp³-hybridized carbons (Fsp3) is 0.438. The number of piperazine rings is 1. The van der Waals surface area contributed by atoms with Gasteiger partial charge in [0.15, 0.2) is 0 Å². The van der Waals surface area contributed by atoms with Crippen LogP contribution in [0, 0.1) is 0 Å². The Labute approximate surface area is 135 Å². The van der Waals surface area contributed by atoms with E-state index in [1.807, 2.05) is 48.3 Å². The molecule has 1 atom stereocenters. The van der Waals surface area contributed by atoms with Crippen LogP contribution in [-0.4, -0.2) is 52.3 Å². The first-order valence-corrected chi connectivity index (χ1v) is 7.89. The van der Waals surface area contributed by atoms with Crippen LogP contribution in [0.5, 0.6) is 0 Å². The summed E-state index contributed by atoms with van der Waals surface area (Å²) in [4.78, 5) is 8.95. The highest BCUT2D eigenvalue weighted by atomic mass is 35.5. The molecule has 1 aromatic heterocycles. The van der Waals surface area contributed by atoms with Crippen LogP contribution in [0.15, 0.2) is 36.7 Å². The fourth-order valence-corrected chi connectivity index (χ4v) is 3.06. The van der Waals surface area contributed by atoms with Gasteiger partial charge in [0.1, 0.15) is 0 Å². The van der Waals surface area contributed by atoms with Gasteiger partial charge in [0.2, 0.25) is 5.95 Å². The zero-order chi connectivity index (χ0) is 15.5. The lowest BCUT2D eigenvalue weighted by atomic mass is 10.1. The van der Waals surface area contributed by atoms with E-state index in [0.29, 0.717) is 11.6 Å². The summed E-state index contributed by atoms with van der Waals surface area (Å²) in [7, 11) is 2.01. The minimum atomic E-state index is -0.501. The molecular formula is C16H21ClN4O. The summed E-state index contributed by atoms with van der Waals surface area (Å²) in [5.74, 6) is 1.01. The van der Waals surface area contributed by atoms with Crippen molar-refractivity contribution in [3.8, 4) is 0 Å². The molecule has 1 saturated heterocycles. The number of aryl methyl sites for hydroxylation is 1. The van der Waals surface area contributed by atoms with E-state index in [4.69, 9.17) is 11.6 Å². The van der Waals surface area contributed by atoms with Crippen molar-refractivity contribution < 1.29 is 5.11 Å². The molecular weight excluding hydrogens is 300 g/mol. The number of aliphatic hydroxyl groups excluding tert-OH is 1. The van der Waals surface area contributed by atoms with Crippen molar-refractivity contribution in [3.63, 3.8) is 0 Å². The number of imidazole rings is 1. The van der Waals surface area contributed by atoms with Crippen molar-refractivity contribution in [3.05, 3.63) is 47.2 Å². The van der Waals surface area contributed by atoms with Crippen LogP contribution >= 0.6 is 11.6 Å². The molecule has 0 spiro atoms. The largest absolute Gasteiger partial charge is 0.387 e. The van der Waals surface area contributed by atoms with Crippen molar-refractivity contribution in [2.75, 3.05) is 37.6 Å². The van der Waals surface area contributed by atoms with Crippen LogP contribution in [0.25, 0.3) is 0 Å². The molecule has 0 saturated carbocycles. The second-order valence-electron chi connectivity index (χ2n) is 5.70. The van der Waals surface area contributed by atoms with E-state index in [9.17, 15) is 5.11 Å². The summed E-state index contributed by atoms with van der Waals surface area (Å²) in [6.07, 6.45) is 3.29. The number of halogens is 1. The first-order valence-electron chi connectivity index (χ1n) is 7.51. The van der Waals surface area contributed by atoms with Gasteiger partial charge in [0.25, 0.3) is 0 Å². The molecule has 1 N–H and O–H groups in total. The predicted octanol–water partition coefficient (Wildman–Crippen LogP) is 1.93. The molecule has 1 aromatic carbocycles. The van der Waals surface area contributed by atoms with Gasteiger partial charge in [-0.1, -0.05) is 23.7 Å². The average molecular weight is 321 g/mol. The fourth-order valence-electron chi connectivity index (χ4n) is 2.86. The number of β-amino-alcohol motifs (C(OH)–C–C–N with tert-alkyl or cyclic N) is 1. The monoisotopic (exact) mass is 320 g/mol. The van der Waals surface area contributed by atoms with Crippen LogP contribution in [-0.2, 0) is 7.05 Å². The van der Waals surface area contributed by atoms with E-state index >= 15 is 0 Å². The number of hydrogen-bond acceptors (Lipinski definition) is 4. The van der Waals surface area contributed by atoms with Gasteiger partial charge in [-0.3, -0.25) is 4.90 Å². The lowest BCUT2D eigenvalue weighted by molar-refractivity contribution is 0.109. The maximum Gasteiger partial charge on any atom is 0.205 e. The van der Waals surface area contributed by atoms with Crippen molar-refractivity contribution in [1.29, 1.82) is 0 Å². The summed E-state index contributed by atoms with van der Waals surface area (Å²) in [6, 6.07) is 7.44. The van der Waals surface area contributed by atoms with Crippen LogP contribution < -0.4 is 4.90 Å². The molecule has 2 heterocycles. The van der Waals surface area contributed by atoms with Crippen molar-refractivity contribution in [2.45, 2.75) is 6.10 Å². The molecule has 2 aromatic rings. The number of hydrogen-bond donors (Lipinski definition) is 1. The van der Waals surface area contributed by atoms with Crippen LogP contribution in [0.3, 0.4) is 0 Å². The van der Waals surface area contributed by atoms with E-state index in [-0.39, 0.29) is 0 Å². The van der Waals surface area contributed by atoms with Crippen LogP contribution in [0.2, 0.25) is 5.02 Å². The minimum absolute atomic E-state index is 0.501. The Morgan fingerprint density at radius 3 is 2.68 bits per heavy atom. The number of anilines is 1. The molecule has 1 aliphatic heterocycles. The lowest BCUT2D eigenvalue weighted by Crippen LogP contribution is -2.48. The molecule has 0 aliphatic carbocycles. The Morgan fingerprint density at radius 2 is 2.05 bits per heavy atom. The Kier molecular flexibility index (Phi) is 4.66. The Balaban J connectivity index is 1.55. The molecule has 1 fully saturated rings. The molecule has 118 valence electrons. The second kappa shape index (κ2) is 6.69.